The molecule has 0 bridgehead atoms. The van der Waals surface area contributed by atoms with Gasteiger partial charge in [-0.2, -0.15) is 0 Å². The van der Waals surface area contributed by atoms with Gasteiger partial charge >= 0.3 is 0 Å². The van der Waals surface area contributed by atoms with Crippen LogP contribution in [0.4, 0.5) is 0 Å². The van der Waals surface area contributed by atoms with Crippen LogP contribution in [0.2, 0.25) is 0 Å². The summed E-state index contributed by atoms with van der Waals surface area (Å²) in [5.74, 6) is 2.46. The highest BCUT2D eigenvalue weighted by atomic mass is 14.7. The number of hydrogen-bond acceptors (Lipinski definition) is 1. The molecule has 1 nitrogen and oxygen atoms in total. The molecule has 0 aliphatic heterocycles. The third-order valence-corrected chi connectivity index (χ3v) is 3.78. The third-order valence-electron chi connectivity index (χ3n) is 3.78. The SMILES string of the molecule is CCC1CCC(C(N)C(C)C)CC1. The summed E-state index contributed by atoms with van der Waals surface area (Å²) < 4.78 is 0. The van der Waals surface area contributed by atoms with Crippen molar-refractivity contribution in [2.45, 2.75) is 58.9 Å². The lowest BCUT2D eigenvalue weighted by atomic mass is 9.75. The van der Waals surface area contributed by atoms with Crippen LogP contribution in [-0.2, 0) is 0 Å². The molecular weight excluding hydrogens is 158 g/mol. The molecule has 1 aliphatic rings. The summed E-state index contributed by atoms with van der Waals surface area (Å²) in [7, 11) is 0. The summed E-state index contributed by atoms with van der Waals surface area (Å²) in [6.45, 7) is 6.81. The molecular formula is C12H25N. The number of rotatable bonds is 3. The minimum Gasteiger partial charge on any atom is -0.327 e. The summed E-state index contributed by atoms with van der Waals surface area (Å²) in [6, 6.07) is 0.442. The van der Waals surface area contributed by atoms with Crippen molar-refractivity contribution in [3.05, 3.63) is 0 Å². The molecule has 1 unspecified atom stereocenters. The van der Waals surface area contributed by atoms with Gasteiger partial charge in [-0.3, -0.25) is 0 Å². The molecule has 1 saturated carbocycles. The Kier molecular flexibility index (Phi) is 4.24. The van der Waals surface area contributed by atoms with Crippen molar-refractivity contribution in [1.29, 1.82) is 0 Å². The summed E-state index contributed by atoms with van der Waals surface area (Å²) in [5, 5.41) is 0. The van der Waals surface area contributed by atoms with Crippen molar-refractivity contribution < 1.29 is 0 Å². The van der Waals surface area contributed by atoms with Gasteiger partial charge in [-0.1, -0.05) is 40.0 Å². The minimum atomic E-state index is 0.442. The van der Waals surface area contributed by atoms with E-state index in [9.17, 15) is 0 Å². The molecule has 1 atom stereocenters. The second kappa shape index (κ2) is 4.99. The van der Waals surface area contributed by atoms with E-state index in [4.69, 9.17) is 5.73 Å². The van der Waals surface area contributed by atoms with E-state index in [1.165, 1.54) is 32.1 Å². The first-order chi connectivity index (χ1) is 6.15. The molecule has 2 N–H and O–H groups in total. The Morgan fingerprint density at radius 2 is 1.69 bits per heavy atom. The lowest BCUT2D eigenvalue weighted by Gasteiger charge is -2.33. The predicted octanol–water partition coefficient (Wildman–Crippen LogP) is 3.19. The van der Waals surface area contributed by atoms with Crippen molar-refractivity contribution >= 4 is 0 Å². The van der Waals surface area contributed by atoms with E-state index in [1.807, 2.05) is 0 Å². The molecule has 0 aromatic heterocycles. The Labute approximate surface area is 83.1 Å². The van der Waals surface area contributed by atoms with Crippen molar-refractivity contribution in [3.8, 4) is 0 Å². The average Bonchev–Trinajstić information content (AvgIpc) is 2.17. The standard InChI is InChI=1S/C12H25N/c1-4-10-5-7-11(8-6-10)12(13)9(2)3/h9-12H,4-8,13H2,1-3H3. The van der Waals surface area contributed by atoms with Gasteiger partial charge in [-0.15, -0.1) is 0 Å². The summed E-state index contributed by atoms with van der Waals surface area (Å²) in [4.78, 5) is 0. The van der Waals surface area contributed by atoms with Crippen LogP contribution in [0.5, 0.6) is 0 Å². The van der Waals surface area contributed by atoms with Gasteiger partial charge in [-0.05, 0) is 30.6 Å². The highest BCUT2D eigenvalue weighted by molar-refractivity contribution is 4.81. The molecule has 0 spiro atoms. The highest BCUT2D eigenvalue weighted by Crippen LogP contribution is 2.33. The van der Waals surface area contributed by atoms with Crippen molar-refractivity contribution in [1.82, 2.24) is 0 Å². The van der Waals surface area contributed by atoms with Crippen LogP contribution < -0.4 is 5.73 Å². The zero-order chi connectivity index (χ0) is 9.84. The van der Waals surface area contributed by atoms with Crippen LogP contribution in [0.3, 0.4) is 0 Å². The lowest BCUT2D eigenvalue weighted by Crippen LogP contribution is -2.37. The van der Waals surface area contributed by atoms with E-state index in [0.717, 1.165) is 11.8 Å². The second-order valence-electron chi connectivity index (χ2n) is 5.01. The fraction of sp³-hybridized carbons (Fsp3) is 1.00. The number of hydrogen-bond donors (Lipinski definition) is 1. The zero-order valence-electron chi connectivity index (χ0n) is 9.42. The van der Waals surface area contributed by atoms with Crippen LogP contribution in [0.1, 0.15) is 52.9 Å². The zero-order valence-corrected chi connectivity index (χ0v) is 9.42. The maximum Gasteiger partial charge on any atom is 0.00903 e. The molecule has 0 heterocycles. The maximum absolute atomic E-state index is 6.18. The van der Waals surface area contributed by atoms with Crippen LogP contribution in [0.15, 0.2) is 0 Å². The Morgan fingerprint density at radius 1 is 1.15 bits per heavy atom. The summed E-state index contributed by atoms with van der Waals surface area (Å²) in [5.41, 5.74) is 6.18. The Morgan fingerprint density at radius 3 is 2.08 bits per heavy atom. The molecule has 1 aliphatic carbocycles. The summed E-state index contributed by atoms with van der Waals surface area (Å²) in [6.07, 6.45) is 6.95. The fourth-order valence-corrected chi connectivity index (χ4v) is 2.53. The van der Waals surface area contributed by atoms with Gasteiger partial charge in [0.05, 0.1) is 0 Å². The van der Waals surface area contributed by atoms with Crippen molar-refractivity contribution in [3.63, 3.8) is 0 Å². The highest BCUT2D eigenvalue weighted by Gasteiger charge is 2.25. The quantitative estimate of drug-likeness (QED) is 0.714. The van der Waals surface area contributed by atoms with E-state index in [2.05, 4.69) is 20.8 Å². The molecule has 1 heteroatoms. The average molecular weight is 183 g/mol. The van der Waals surface area contributed by atoms with Crippen molar-refractivity contribution in [2.75, 3.05) is 0 Å². The van der Waals surface area contributed by atoms with E-state index >= 15 is 0 Å². The van der Waals surface area contributed by atoms with Crippen LogP contribution >= 0.6 is 0 Å². The molecule has 0 aromatic rings. The van der Waals surface area contributed by atoms with E-state index in [1.54, 1.807) is 0 Å². The molecule has 0 aromatic carbocycles. The van der Waals surface area contributed by atoms with Crippen LogP contribution in [-0.4, -0.2) is 6.04 Å². The normalized spacial score (nSPS) is 32.1. The van der Waals surface area contributed by atoms with Gasteiger partial charge in [0.25, 0.3) is 0 Å². The molecule has 1 rings (SSSR count). The largest absolute Gasteiger partial charge is 0.327 e. The van der Waals surface area contributed by atoms with Gasteiger partial charge in [0.15, 0.2) is 0 Å². The van der Waals surface area contributed by atoms with E-state index in [-0.39, 0.29) is 0 Å². The van der Waals surface area contributed by atoms with Gasteiger partial charge < -0.3 is 5.73 Å². The van der Waals surface area contributed by atoms with Gasteiger partial charge in [0, 0.05) is 6.04 Å². The second-order valence-corrected chi connectivity index (χ2v) is 5.01. The van der Waals surface area contributed by atoms with E-state index < -0.39 is 0 Å². The lowest BCUT2D eigenvalue weighted by molar-refractivity contribution is 0.213. The maximum atomic E-state index is 6.18. The predicted molar refractivity (Wildman–Crippen MR) is 58.6 cm³/mol. The topological polar surface area (TPSA) is 26.0 Å². The third kappa shape index (κ3) is 2.98. The Balaban J connectivity index is 2.32. The van der Waals surface area contributed by atoms with Gasteiger partial charge in [-0.25, -0.2) is 0 Å². The first-order valence-corrected chi connectivity index (χ1v) is 5.90. The van der Waals surface area contributed by atoms with Gasteiger partial charge in [0.2, 0.25) is 0 Å². The fourth-order valence-electron chi connectivity index (χ4n) is 2.53. The first kappa shape index (κ1) is 11.0. The molecule has 1 fully saturated rings. The molecule has 0 saturated heterocycles. The molecule has 0 radical (unpaired) electrons. The number of nitrogens with two attached hydrogens (primary N) is 1. The van der Waals surface area contributed by atoms with Crippen LogP contribution in [0, 0.1) is 17.8 Å². The summed E-state index contributed by atoms with van der Waals surface area (Å²) >= 11 is 0. The Hall–Kier alpha value is -0.0400. The smallest absolute Gasteiger partial charge is 0.00903 e. The van der Waals surface area contributed by atoms with E-state index in [0.29, 0.717) is 12.0 Å². The first-order valence-electron chi connectivity index (χ1n) is 5.90. The van der Waals surface area contributed by atoms with Crippen molar-refractivity contribution in [2.24, 2.45) is 23.5 Å². The molecule has 13 heavy (non-hydrogen) atoms. The molecule has 78 valence electrons. The molecule has 0 amide bonds. The minimum absolute atomic E-state index is 0.442. The van der Waals surface area contributed by atoms with Gasteiger partial charge in [0.1, 0.15) is 0 Å². The van der Waals surface area contributed by atoms with Crippen LogP contribution in [0.25, 0.3) is 0 Å². The Bertz CT molecular complexity index is 134. The monoisotopic (exact) mass is 183 g/mol.